The Morgan fingerprint density at radius 2 is 1.55 bits per heavy atom. The molecule has 10 heteroatoms. The highest BCUT2D eigenvalue weighted by atomic mass is 35.5. The van der Waals surface area contributed by atoms with Gasteiger partial charge in [0.25, 0.3) is 5.91 Å². The summed E-state index contributed by atoms with van der Waals surface area (Å²) >= 11 is 6.08. The molecule has 0 radical (unpaired) electrons. The summed E-state index contributed by atoms with van der Waals surface area (Å²) in [5, 5.41) is 2.69. The van der Waals surface area contributed by atoms with Gasteiger partial charge < -0.3 is 15.0 Å². The standard InChI is InChI=1S/C23H30ClN3O5S/c1-5-26(6-2)18-11-9-17(10-12-18)25-22(28)16-32-23(29)20-15-19(13-14-21(20)24)33(30,31)27(7-3)8-4/h9-15H,5-8,16H2,1-4H3,(H,25,28). The van der Waals surface area contributed by atoms with E-state index in [1.54, 1.807) is 26.0 Å². The molecule has 0 fully saturated rings. The van der Waals surface area contributed by atoms with Crippen molar-refractivity contribution >= 4 is 44.9 Å². The Bertz CT molecular complexity index is 1070. The number of amides is 1. The van der Waals surface area contributed by atoms with E-state index in [1.807, 2.05) is 12.1 Å². The molecule has 0 spiro atoms. The first kappa shape index (κ1) is 26.6. The molecule has 1 amide bonds. The molecular formula is C23H30ClN3O5S. The van der Waals surface area contributed by atoms with Crippen LogP contribution in [-0.2, 0) is 19.6 Å². The van der Waals surface area contributed by atoms with Gasteiger partial charge in [0.15, 0.2) is 6.61 Å². The van der Waals surface area contributed by atoms with Crippen molar-refractivity contribution in [3.63, 3.8) is 0 Å². The summed E-state index contributed by atoms with van der Waals surface area (Å²) in [4.78, 5) is 26.8. The van der Waals surface area contributed by atoms with Crippen LogP contribution < -0.4 is 10.2 Å². The summed E-state index contributed by atoms with van der Waals surface area (Å²) in [5.41, 5.74) is 1.48. The van der Waals surface area contributed by atoms with Crippen molar-refractivity contribution in [3.8, 4) is 0 Å². The van der Waals surface area contributed by atoms with Crippen LogP contribution in [0.25, 0.3) is 0 Å². The van der Waals surface area contributed by atoms with E-state index in [9.17, 15) is 18.0 Å². The summed E-state index contributed by atoms with van der Waals surface area (Å²) in [6.45, 7) is 9.36. The minimum absolute atomic E-state index is 0.0332. The van der Waals surface area contributed by atoms with E-state index in [4.69, 9.17) is 16.3 Å². The fourth-order valence-corrected chi connectivity index (χ4v) is 4.96. The molecule has 0 aliphatic carbocycles. The van der Waals surface area contributed by atoms with Crippen molar-refractivity contribution in [2.45, 2.75) is 32.6 Å². The summed E-state index contributed by atoms with van der Waals surface area (Å²) in [5.74, 6) is -1.41. The number of carbonyl (C=O) groups is 2. The number of carbonyl (C=O) groups excluding carboxylic acids is 2. The SMILES string of the molecule is CCN(CC)c1ccc(NC(=O)COC(=O)c2cc(S(=O)(=O)N(CC)CC)ccc2Cl)cc1. The molecule has 0 aliphatic rings. The van der Waals surface area contributed by atoms with Crippen LogP contribution in [-0.4, -0.2) is 57.4 Å². The van der Waals surface area contributed by atoms with Gasteiger partial charge in [0.05, 0.1) is 15.5 Å². The molecule has 0 heterocycles. The van der Waals surface area contributed by atoms with Crippen LogP contribution in [0.3, 0.4) is 0 Å². The van der Waals surface area contributed by atoms with Gasteiger partial charge in [0.2, 0.25) is 10.0 Å². The minimum Gasteiger partial charge on any atom is -0.452 e. The second kappa shape index (κ2) is 12.0. The van der Waals surface area contributed by atoms with Crippen molar-refractivity contribution < 1.29 is 22.7 Å². The molecule has 0 saturated carbocycles. The van der Waals surface area contributed by atoms with E-state index < -0.39 is 28.5 Å². The van der Waals surface area contributed by atoms with E-state index >= 15 is 0 Å². The number of nitrogens with zero attached hydrogens (tertiary/aromatic N) is 2. The monoisotopic (exact) mass is 495 g/mol. The second-order valence-corrected chi connectivity index (χ2v) is 9.42. The lowest BCUT2D eigenvalue weighted by Gasteiger charge is -2.21. The maximum Gasteiger partial charge on any atom is 0.340 e. The number of ether oxygens (including phenoxy) is 1. The number of halogens is 1. The molecule has 0 unspecified atom stereocenters. The summed E-state index contributed by atoms with van der Waals surface area (Å²) in [6.07, 6.45) is 0. The third-order valence-electron chi connectivity index (χ3n) is 5.11. The van der Waals surface area contributed by atoms with E-state index in [-0.39, 0.29) is 28.6 Å². The summed E-state index contributed by atoms with van der Waals surface area (Å²) in [7, 11) is -3.78. The van der Waals surface area contributed by atoms with Crippen LogP contribution in [0, 0.1) is 0 Å². The highest BCUT2D eigenvalue weighted by molar-refractivity contribution is 7.89. The number of hydrogen-bond acceptors (Lipinski definition) is 6. The average molecular weight is 496 g/mol. The van der Waals surface area contributed by atoms with Gasteiger partial charge in [-0.1, -0.05) is 25.4 Å². The molecule has 33 heavy (non-hydrogen) atoms. The van der Waals surface area contributed by atoms with Gasteiger partial charge in [-0.15, -0.1) is 0 Å². The van der Waals surface area contributed by atoms with Gasteiger partial charge in [0.1, 0.15) is 0 Å². The van der Waals surface area contributed by atoms with Crippen molar-refractivity contribution in [3.05, 3.63) is 53.1 Å². The van der Waals surface area contributed by atoms with Gasteiger partial charge in [-0.3, -0.25) is 4.79 Å². The normalized spacial score (nSPS) is 11.3. The van der Waals surface area contributed by atoms with Crippen LogP contribution in [0.1, 0.15) is 38.1 Å². The first-order valence-electron chi connectivity index (χ1n) is 10.8. The molecule has 8 nitrogen and oxygen atoms in total. The molecule has 0 saturated heterocycles. The Morgan fingerprint density at radius 1 is 0.939 bits per heavy atom. The Balaban J connectivity index is 2.05. The van der Waals surface area contributed by atoms with Crippen LogP contribution in [0.5, 0.6) is 0 Å². The first-order chi connectivity index (χ1) is 15.7. The molecule has 2 rings (SSSR count). The number of anilines is 2. The highest BCUT2D eigenvalue weighted by Crippen LogP contribution is 2.24. The maximum absolute atomic E-state index is 12.7. The van der Waals surface area contributed by atoms with E-state index in [1.165, 1.54) is 22.5 Å². The highest BCUT2D eigenvalue weighted by Gasteiger charge is 2.24. The number of esters is 1. The minimum atomic E-state index is -3.78. The lowest BCUT2D eigenvalue weighted by molar-refractivity contribution is -0.119. The Hall–Kier alpha value is -2.62. The Kier molecular flexibility index (Phi) is 9.70. The quantitative estimate of drug-likeness (QED) is 0.473. The predicted octanol–water partition coefficient (Wildman–Crippen LogP) is 4.01. The summed E-state index contributed by atoms with van der Waals surface area (Å²) < 4.78 is 31.8. The second-order valence-electron chi connectivity index (χ2n) is 7.07. The zero-order chi connectivity index (χ0) is 24.6. The van der Waals surface area contributed by atoms with Gasteiger partial charge >= 0.3 is 5.97 Å². The zero-order valence-corrected chi connectivity index (χ0v) is 20.9. The number of benzene rings is 2. The van der Waals surface area contributed by atoms with Crippen molar-refractivity contribution in [1.29, 1.82) is 0 Å². The van der Waals surface area contributed by atoms with Crippen molar-refractivity contribution in [2.75, 3.05) is 43.0 Å². The van der Waals surface area contributed by atoms with E-state index in [2.05, 4.69) is 24.1 Å². The Labute approximate surface area is 200 Å². The number of hydrogen-bond donors (Lipinski definition) is 1. The van der Waals surface area contributed by atoms with Gasteiger partial charge in [-0.05, 0) is 56.3 Å². The Morgan fingerprint density at radius 3 is 2.09 bits per heavy atom. The average Bonchev–Trinajstić information content (AvgIpc) is 2.80. The molecule has 0 bridgehead atoms. The molecular weight excluding hydrogens is 466 g/mol. The number of nitrogens with one attached hydrogen (secondary N) is 1. The summed E-state index contributed by atoms with van der Waals surface area (Å²) in [6, 6.07) is 11.2. The fourth-order valence-electron chi connectivity index (χ4n) is 3.28. The van der Waals surface area contributed by atoms with Gasteiger partial charge in [-0.25, -0.2) is 13.2 Å². The molecule has 2 aromatic rings. The lowest BCUT2D eigenvalue weighted by Crippen LogP contribution is -2.30. The third kappa shape index (κ3) is 6.69. The van der Waals surface area contributed by atoms with Crippen LogP contribution in [0.4, 0.5) is 11.4 Å². The molecule has 1 N–H and O–H groups in total. The molecule has 2 aromatic carbocycles. The fraction of sp³-hybridized carbons (Fsp3) is 0.391. The van der Waals surface area contributed by atoms with Crippen LogP contribution >= 0.6 is 11.6 Å². The van der Waals surface area contributed by atoms with Gasteiger partial charge in [0, 0.05) is 37.6 Å². The van der Waals surface area contributed by atoms with E-state index in [0.29, 0.717) is 5.69 Å². The molecule has 180 valence electrons. The van der Waals surface area contributed by atoms with Crippen LogP contribution in [0.15, 0.2) is 47.4 Å². The first-order valence-corrected chi connectivity index (χ1v) is 12.6. The number of rotatable bonds is 11. The van der Waals surface area contributed by atoms with E-state index in [0.717, 1.165) is 18.8 Å². The van der Waals surface area contributed by atoms with Crippen molar-refractivity contribution in [1.82, 2.24) is 4.31 Å². The smallest absolute Gasteiger partial charge is 0.340 e. The number of sulfonamides is 1. The molecule has 0 atom stereocenters. The van der Waals surface area contributed by atoms with Crippen LogP contribution in [0.2, 0.25) is 5.02 Å². The molecule has 0 aliphatic heterocycles. The predicted molar refractivity (Wildman–Crippen MR) is 130 cm³/mol. The maximum atomic E-state index is 12.7. The zero-order valence-electron chi connectivity index (χ0n) is 19.3. The third-order valence-corrected chi connectivity index (χ3v) is 7.49. The lowest BCUT2D eigenvalue weighted by atomic mass is 10.2. The van der Waals surface area contributed by atoms with Crippen molar-refractivity contribution in [2.24, 2.45) is 0 Å². The topological polar surface area (TPSA) is 96.0 Å². The largest absolute Gasteiger partial charge is 0.452 e. The van der Waals surface area contributed by atoms with Gasteiger partial charge in [-0.2, -0.15) is 4.31 Å². The molecule has 0 aromatic heterocycles.